The molecule has 0 spiro atoms. The van der Waals surface area contributed by atoms with Crippen LogP contribution in [-0.4, -0.2) is 55.1 Å². The van der Waals surface area contributed by atoms with E-state index in [1.54, 1.807) is 24.7 Å². The molecule has 3 aromatic heterocycles. The van der Waals surface area contributed by atoms with E-state index < -0.39 is 6.23 Å². The molecule has 1 saturated heterocycles. The summed E-state index contributed by atoms with van der Waals surface area (Å²) in [6.45, 7) is 1.67. The van der Waals surface area contributed by atoms with Crippen molar-refractivity contribution in [1.82, 2.24) is 19.7 Å². The number of aromatic amines is 1. The molecule has 43 heavy (non-hydrogen) atoms. The SMILES string of the molecule is O=C(Nc1ccc(-n2ncc3cc(NC(O)c4ccc(N5CCC(O)CC5)cc4)ccc32)cc1)c1cnc2[nH]ccc2c1. The van der Waals surface area contributed by atoms with Crippen LogP contribution in [0.25, 0.3) is 27.6 Å². The molecule has 216 valence electrons. The summed E-state index contributed by atoms with van der Waals surface area (Å²) in [5, 5.41) is 33.1. The molecule has 3 aromatic carbocycles. The third-order valence-corrected chi connectivity index (χ3v) is 7.94. The molecule has 1 amide bonds. The summed E-state index contributed by atoms with van der Waals surface area (Å²) in [6, 6.07) is 24.9. The lowest BCUT2D eigenvalue weighted by molar-refractivity contribution is 0.102. The van der Waals surface area contributed by atoms with Crippen molar-refractivity contribution in [2.24, 2.45) is 0 Å². The minimum absolute atomic E-state index is 0.207. The van der Waals surface area contributed by atoms with Crippen molar-refractivity contribution in [2.45, 2.75) is 25.2 Å². The highest BCUT2D eigenvalue weighted by Gasteiger charge is 2.18. The molecule has 0 saturated carbocycles. The molecule has 1 unspecified atom stereocenters. The number of aromatic nitrogens is 4. The Bertz CT molecular complexity index is 1890. The Balaban J connectivity index is 1.01. The second-order valence-electron chi connectivity index (χ2n) is 10.8. The first-order chi connectivity index (χ1) is 21.0. The summed E-state index contributed by atoms with van der Waals surface area (Å²) in [5.74, 6) is -0.228. The number of aliphatic hydroxyl groups excluding tert-OH is 2. The molecule has 0 radical (unpaired) electrons. The fourth-order valence-corrected chi connectivity index (χ4v) is 5.51. The Kier molecular flexibility index (Phi) is 6.98. The van der Waals surface area contributed by atoms with Crippen molar-refractivity contribution in [3.8, 4) is 5.69 Å². The van der Waals surface area contributed by atoms with Gasteiger partial charge in [-0.1, -0.05) is 12.1 Å². The quantitative estimate of drug-likeness (QED) is 0.166. The van der Waals surface area contributed by atoms with E-state index in [1.165, 1.54) is 0 Å². The molecule has 1 fully saturated rings. The van der Waals surface area contributed by atoms with Gasteiger partial charge < -0.3 is 30.7 Å². The molecule has 6 aromatic rings. The van der Waals surface area contributed by atoms with E-state index in [2.05, 4.69) is 30.6 Å². The smallest absolute Gasteiger partial charge is 0.257 e. The largest absolute Gasteiger partial charge is 0.393 e. The Morgan fingerprint density at radius 3 is 2.42 bits per heavy atom. The van der Waals surface area contributed by atoms with Crippen LogP contribution in [-0.2, 0) is 0 Å². The second kappa shape index (κ2) is 11.2. The number of piperidine rings is 1. The van der Waals surface area contributed by atoms with Crippen LogP contribution in [0.1, 0.15) is 35.0 Å². The molecule has 4 heterocycles. The third-order valence-electron chi connectivity index (χ3n) is 7.94. The van der Waals surface area contributed by atoms with E-state index in [-0.39, 0.29) is 12.0 Å². The Morgan fingerprint density at radius 2 is 1.63 bits per heavy atom. The first-order valence-electron chi connectivity index (χ1n) is 14.3. The molecule has 1 aliphatic heterocycles. The van der Waals surface area contributed by atoms with Gasteiger partial charge in [0.05, 0.1) is 29.1 Å². The predicted octanol–water partition coefficient (Wildman–Crippen LogP) is 5.22. The van der Waals surface area contributed by atoms with Gasteiger partial charge in [-0.05, 0) is 79.6 Å². The Hall–Kier alpha value is -5.19. The number of amides is 1. The minimum Gasteiger partial charge on any atom is -0.393 e. The van der Waals surface area contributed by atoms with Gasteiger partial charge in [0, 0.05) is 58.9 Å². The number of pyridine rings is 1. The summed E-state index contributed by atoms with van der Waals surface area (Å²) >= 11 is 0. The van der Waals surface area contributed by atoms with E-state index in [0.717, 1.165) is 70.5 Å². The molecule has 10 heteroatoms. The van der Waals surface area contributed by atoms with Gasteiger partial charge in [-0.3, -0.25) is 4.79 Å². The zero-order valence-corrected chi connectivity index (χ0v) is 23.3. The highest BCUT2D eigenvalue weighted by Crippen LogP contribution is 2.27. The van der Waals surface area contributed by atoms with E-state index in [9.17, 15) is 15.0 Å². The number of hydrogen-bond acceptors (Lipinski definition) is 7. The van der Waals surface area contributed by atoms with Crippen LogP contribution in [0.3, 0.4) is 0 Å². The minimum atomic E-state index is -0.867. The van der Waals surface area contributed by atoms with Gasteiger partial charge >= 0.3 is 0 Å². The average Bonchev–Trinajstić information content (AvgIpc) is 3.68. The summed E-state index contributed by atoms with van der Waals surface area (Å²) < 4.78 is 1.84. The Morgan fingerprint density at radius 1 is 0.884 bits per heavy atom. The normalized spacial score (nSPS) is 14.7. The number of hydrogen-bond donors (Lipinski definition) is 5. The predicted molar refractivity (Wildman–Crippen MR) is 168 cm³/mol. The van der Waals surface area contributed by atoms with Crippen molar-refractivity contribution in [3.63, 3.8) is 0 Å². The van der Waals surface area contributed by atoms with Crippen LogP contribution < -0.4 is 15.5 Å². The van der Waals surface area contributed by atoms with Gasteiger partial charge in [-0.2, -0.15) is 5.10 Å². The highest BCUT2D eigenvalue weighted by atomic mass is 16.3. The van der Waals surface area contributed by atoms with Gasteiger partial charge in [0.15, 0.2) is 6.23 Å². The fourth-order valence-electron chi connectivity index (χ4n) is 5.51. The summed E-state index contributed by atoms with van der Waals surface area (Å²) in [4.78, 5) is 22.3. The average molecular weight is 574 g/mol. The van der Waals surface area contributed by atoms with Gasteiger partial charge in [0.25, 0.3) is 5.91 Å². The van der Waals surface area contributed by atoms with Crippen LogP contribution in [0.5, 0.6) is 0 Å². The molecular weight excluding hydrogens is 542 g/mol. The molecule has 0 bridgehead atoms. The summed E-state index contributed by atoms with van der Waals surface area (Å²) in [7, 11) is 0. The lowest BCUT2D eigenvalue weighted by atomic mass is 10.1. The number of nitrogens with zero attached hydrogens (tertiary/aromatic N) is 4. The van der Waals surface area contributed by atoms with Crippen LogP contribution >= 0.6 is 0 Å². The number of H-pyrrole nitrogens is 1. The maximum atomic E-state index is 12.7. The lowest BCUT2D eigenvalue weighted by Gasteiger charge is -2.31. The van der Waals surface area contributed by atoms with Crippen LogP contribution in [0.15, 0.2) is 97.5 Å². The number of aliphatic hydroxyl groups is 2. The van der Waals surface area contributed by atoms with Crippen LogP contribution in [0.2, 0.25) is 0 Å². The van der Waals surface area contributed by atoms with Gasteiger partial charge in [-0.15, -0.1) is 0 Å². The van der Waals surface area contributed by atoms with E-state index >= 15 is 0 Å². The fraction of sp³-hybridized carbons (Fsp3) is 0.182. The monoisotopic (exact) mass is 573 g/mol. The third kappa shape index (κ3) is 5.53. The topological polar surface area (TPSA) is 131 Å². The molecule has 7 rings (SSSR count). The van der Waals surface area contributed by atoms with Crippen molar-refractivity contribution < 1.29 is 15.0 Å². The lowest BCUT2D eigenvalue weighted by Crippen LogP contribution is -2.35. The van der Waals surface area contributed by atoms with Crippen molar-refractivity contribution in [2.75, 3.05) is 28.6 Å². The van der Waals surface area contributed by atoms with Crippen molar-refractivity contribution in [3.05, 3.63) is 109 Å². The molecule has 1 atom stereocenters. The first-order valence-corrected chi connectivity index (χ1v) is 14.3. The van der Waals surface area contributed by atoms with Gasteiger partial charge in [0.2, 0.25) is 0 Å². The van der Waals surface area contributed by atoms with Crippen LogP contribution in [0.4, 0.5) is 17.1 Å². The number of fused-ring (bicyclic) bond motifs is 2. The zero-order valence-electron chi connectivity index (χ0n) is 23.3. The molecule has 5 N–H and O–H groups in total. The van der Waals surface area contributed by atoms with E-state index in [1.807, 2.05) is 77.5 Å². The molecular formula is C33H31N7O3. The number of nitrogens with one attached hydrogen (secondary N) is 3. The summed E-state index contributed by atoms with van der Waals surface area (Å²) in [6.07, 6.45) is 5.62. The van der Waals surface area contributed by atoms with Crippen LogP contribution in [0, 0.1) is 0 Å². The number of carbonyl (C=O) groups excluding carboxylic acids is 1. The number of carbonyl (C=O) groups is 1. The maximum absolute atomic E-state index is 12.7. The van der Waals surface area contributed by atoms with E-state index in [4.69, 9.17) is 0 Å². The van der Waals surface area contributed by atoms with Crippen molar-refractivity contribution >= 4 is 44.9 Å². The number of rotatable bonds is 7. The highest BCUT2D eigenvalue weighted by molar-refractivity contribution is 6.05. The second-order valence-corrected chi connectivity index (χ2v) is 10.8. The van der Waals surface area contributed by atoms with E-state index in [0.29, 0.717) is 11.3 Å². The van der Waals surface area contributed by atoms with Gasteiger partial charge in [0.1, 0.15) is 5.65 Å². The molecule has 0 aliphatic carbocycles. The summed E-state index contributed by atoms with van der Waals surface area (Å²) in [5.41, 5.74) is 6.31. The van der Waals surface area contributed by atoms with Gasteiger partial charge in [-0.25, -0.2) is 9.67 Å². The standard InChI is InChI=1S/C33H31N7O3/c41-29-12-15-39(16-13-29)27-6-1-21(2-7-27)32(42)38-26-5-10-30-23(18-26)20-36-40(30)28-8-3-25(4-9-28)37-33(43)24-17-22-11-14-34-31(22)35-19-24/h1-11,14,17-20,29,32,38,41-42H,12-13,15-16H2,(H,34,35)(H,37,43). The number of benzene rings is 3. The van der Waals surface area contributed by atoms with Crippen molar-refractivity contribution in [1.29, 1.82) is 0 Å². The molecule has 1 aliphatic rings. The number of anilines is 3. The maximum Gasteiger partial charge on any atom is 0.257 e. The molecule has 10 nitrogen and oxygen atoms in total. The Labute approximate surface area is 247 Å². The zero-order chi connectivity index (χ0) is 29.3. The first kappa shape index (κ1) is 26.7.